The molecule has 120 valence electrons. The molecule has 0 saturated heterocycles. The fraction of sp³-hybridized carbons (Fsp3) is 0.133. The van der Waals surface area contributed by atoms with Crippen molar-refractivity contribution in [3.8, 4) is 10.8 Å². The Morgan fingerprint density at radius 1 is 1.13 bits per heavy atom. The third-order valence-corrected chi connectivity index (χ3v) is 6.13. The molecular weight excluding hydrogens is 377 g/mol. The molecule has 0 spiro atoms. The molecule has 0 fully saturated rings. The Morgan fingerprint density at radius 3 is 2.65 bits per heavy atom. The Balaban J connectivity index is 1.74. The smallest absolute Gasteiger partial charge is 0.236 e. The highest BCUT2D eigenvalue weighted by Gasteiger charge is 2.17. The summed E-state index contributed by atoms with van der Waals surface area (Å²) >= 11 is 13.2. The van der Waals surface area contributed by atoms with Crippen molar-refractivity contribution in [2.24, 2.45) is 0 Å². The van der Waals surface area contributed by atoms with E-state index < -0.39 is 9.84 Å². The van der Waals surface area contributed by atoms with Crippen LogP contribution in [0, 0.1) is 0 Å². The van der Waals surface area contributed by atoms with Crippen LogP contribution < -0.4 is 0 Å². The Labute approximate surface area is 147 Å². The number of halogens is 2. The molecule has 0 radical (unpaired) electrons. The van der Waals surface area contributed by atoms with Gasteiger partial charge in [0.1, 0.15) is 6.26 Å². The summed E-state index contributed by atoms with van der Waals surface area (Å²) in [7, 11) is -3.39. The zero-order valence-electron chi connectivity index (χ0n) is 11.7. The number of hydrogen-bond donors (Lipinski definition) is 0. The van der Waals surface area contributed by atoms with Crippen LogP contribution in [-0.4, -0.2) is 13.4 Å². The summed E-state index contributed by atoms with van der Waals surface area (Å²) < 4.78 is 29.9. The minimum atomic E-state index is -3.39. The highest BCUT2D eigenvalue weighted by molar-refractivity contribution is 7.89. The molecule has 2 heterocycles. The molecule has 2 aromatic heterocycles. The number of benzene rings is 1. The third kappa shape index (κ3) is 4.14. The van der Waals surface area contributed by atoms with Gasteiger partial charge < -0.3 is 4.42 Å². The minimum absolute atomic E-state index is 0.134. The van der Waals surface area contributed by atoms with E-state index in [9.17, 15) is 8.42 Å². The fourth-order valence-electron chi connectivity index (χ4n) is 2.05. The summed E-state index contributed by atoms with van der Waals surface area (Å²) in [6.45, 7) is 0. The quantitative estimate of drug-likeness (QED) is 0.629. The number of sulfone groups is 1. The van der Waals surface area contributed by atoms with E-state index in [4.69, 9.17) is 27.6 Å². The molecule has 23 heavy (non-hydrogen) atoms. The zero-order valence-corrected chi connectivity index (χ0v) is 14.8. The van der Waals surface area contributed by atoms with Gasteiger partial charge in [0.15, 0.2) is 9.84 Å². The second kappa shape index (κ2) is 6.65. The average molecular weight is 388 g/mol. The second-order valence-electron chi connectivity index (χ2n) is 4.90. The van der Waals surface area contributed by atoms with Gasteiger partial charge in [0.05, 0.1) is 32.1 Å². The Kier molecular flexibility index (Phi) is 4.77. The van der Waals surface area contributed by atoms with Crippen molar-refractivity contribution < 1.29 is 12.8 Å². The number of rotatable bonds is 5. The molecule has 0 amide bonds. The summed E-state index contributed by atoms with van der Waals surface area (Å²) in [6.07, 6.45) is 1.38. The van der Waals surface area contributed by atoms with E-state index in [1.165, 1.54) is 17.6 Å². The number of nitrogens with zero attached hydrogens (tertiary/aromatic N) is 1. The molecule has 0 N–H and O–H groups in total. The second-order valence-corrected chi connectivity index (χ2v) is 8.73. The van der Waals surface area contributed by atoms with Gasteiger partial charge >= 0.3 is 0 Å². The van der Waals surface area contributed by atoms with E-state index in [1.807, 2.05) is 17.5 Å². The molecule has 3 rings (SSSR count). The highest BCUT2D eigenvalue weighted by atomic mass is 35.5. The van der Waals surface area contributed by atoms with Crippen molar-refractivity contribution in [2.75, 3.05) is 0 Å². The number of aromatic nitrogens is 1. The molecule has 4 nitrogen and oxygen atoms in total. The minimum Gasteiger partial charge on any atom is -0.444 e. The number of thiophene rings is 1. The van der Waals surface area contributed by atoms with Crippen LogP contribution in [0.5, 0.6) is 0 Å². The van der Waals surface area contributed by atoms with Gasteiger partial charge in [-0.3, -0.25) is 0 Å². The molecule has 0 aliphatic carbocycles. The highest BCUT2D eigenvalue weighted by Crippen LogP contribution is 2.26. The number of hydrogen-bond acceptors (Lipinski definition) is 5. The maximum Gasteiger partial charge on any atom is 0.236 e. The lowest BCUT2D eigenvalue weighted by atomic mass is 10.2. The first kappa shape index (κ1) is 16.5. The van der Waals surface area contributed by atoms with Crippen molar-refractivity contribution in [1.29, 1.82) is 0 Å². The lowest BCUT2D eigenvalue weighted by molar-refractivity contribution is 0.573. The number of oxazole rings is 1. The van der Waals surface area contributed by atoms with Gasteiger partial charge in [0.25, 0.3) is 0 Å². The van der Waals surface area contributed by atoms with Crippen molar-refractivity contribution in [3.05, 3.63) is 63.3 Å². The molecule has 0 aliphatic heterocycles. The summed E-state index contributed by atoms with van der Waals surface area (Å²) in [5.41, 5.74) is 0.967. The molecule has 0 bridgehead atoms. The summed E-state index contributed by atoms with van der Waals surface area (Å²) in [5, 5.41) is 2.63. The van der Waals surface area contributed by atoms with Gasteiger partial charge in [-0.25, -0.2) is 13.4 Å². The van der Waals surface area contributed by atoms with E-state index in [2.05, 4.69) is 4.98 Å². The standard InChI is InChI=1S/C15H11Cl2NO3S2/c16-12-4-3-10(6-13(12)17)8-23(19,20)9-11-7-21-15(18-11)14-2-1-5-22-14/h1-7H,8-9H2. The van der Waals surface area contributed by atoms with Crippen LogP contribution in [0.15, 0.2) is 46.4 Å². The third-order valence-electron chi connectivity index (χ3n) is 3.02. The maximum absolute atomic E-state index is 12.3. The molecule has 0 saturated carbocycles. The summed E-state index contributed by atoms with van der Waals surface area (Å²) in [6, 6.07) is 8.53. The van der Waals surface area contributed by atoms with Gasteiger partial charge in [0.2, 0.25) is 5.89 Å². The van der Waals surface area contributed by atoms with Crippen LogP contribution in [-0.2, 0) is 21.3 Å². The molecule has 8 heteroatoms. The van der Waals surface area contributed by atoms with Gasteiger partial charge in [-0.05, 0) is 29.1 Å². The fourth-order valence-corrected chi connectivity index (χ4v) is 4.40. The van der Waals surface area contributed by atoms with Gasteiger partial charge in [0, 0.05) is 0 Å². The Morgan fingerprint density at radius 2 is 1.96 bits per heavy atom. The SMILES string of the molecule is O=S(=O)(Cc1ccc(Cl)c(Cl)c1)Cc1coc(-c2cccs2)n1. The predicted molar refractivity (Wildman–Crippen MR) is 92.6 cm³/mol. The molecule has 3 aromatic rings. The van der Waals surface area contributed by atoms with Crippen LogP contribution >= 0.6 is 34.5 Å². The Hall–Kier alpha value is -1.34. The van der Waals surface area contributed by atoms with Crippen LogP contribution in [0.2, 0.25) is 10.0 Å². The largest absolute Gasteiger partial charge is 0.444 e. The predicted octanol–water partition coefficient (Wildman–Crippen LogP) is 4.82. The van der Waals surface area contributed by atoms with Crippen LogP contribution in [0.4, 0.5) is 0 Å². The first-order valence-electron chi connectivity index (χ1n) is 6.55. The normalized spacial score (nSPS) is 11.7. The van der Waals surface area contributed by atoms with Crippen LogP contribution in [0.3, 0.4) is 0 Å². The first-order chi connectivity index (χ1) is 10.9. The van der Waals surface area contributed by atoms with E-state index in [1.54, 1.807) is 18.2 Å². The van der Waals surface area contributed by atoms with E-state index in [-0.39, 0.29) is 11.5 Å². The van der Waals surface area contributed by atoms with Crippen molar-refractivity contribution in [1.82, 2.24) is 4.98 Å². The van der Waals surface area contributed by atoms with Crippen molar-refractivity contribution in [2.45, 2.75) is 11.5 Å². The zero-order chi connectivity index (χ0) is 16.4. The lowest BCUT2D eigenvalue weighted by Gasteiger charge is -2.04. The molecule has 0 atom stereocenters. The van der Waals surface area contributed by atoms with Gasteiger partial charge in [-0.15, -0.1) is 11.3 Å². The molecule has 1 aromatic carbocycles. The lowest BCUT2D eigenvalue weighted by Crippen LogP contribution is -2.08. The van der Waals surface area contributed by atoms with Gasteiger partial charge in [-0.1, -0.05) is 35.3 Å². The summed E-state index contributed by atoms with van der Waals surface area (Å²) in [5.74, 6) is 0.104. The monoisotopic (exact) mass is 387 g/mol. The average Bonchev–Trinajstić information content (AvgIpc) is 3.12. The van der Waals surface area contributed by atoms with Crippen LogP contribution in [0.25, 0.3) is 10.8 Å². The Bertz CT molecular complexity index is 918. The van der Waals surface area contributed by atoms with Crippen molar-refractivity contribution >= 4 is 44.4 Å². The van der Waals surface area contributed by atoms with E-state index in [0.717, 1.165) is 4.88 Å². The van der Waals surface area contributed by atoms with Gasteiger partial charge in [-0.2, -0.15) is 0 Å². The van der Waals surface area contributed by atoms with Crippen LogP contribution in [0.1, 0.15) is 11.3 Å². The topological polar surface area (TPSA) is 60.2 Å². The van der Waals surface area contributed by atoms with Crippen molar-refractivity contribution in [3.63, 3.8) is 0 Å². The maximum atomic E-state index is 12.3. The first-order valence-corrected chi connectivity index (χ1v) is 10.0. The molecule has 0 unspecified atom stereocenters. The molecule has 0 aliphatic rings. The summed E-state index contributed by atoms with van der Waals surface area (Å²) in [4.78, 5) is 5.09. The van der Waals surface area contributed by atoms with E-state index >= 15 is 0 Å². The molecular formula is C15H11Cl2NO3S2. The van der Waals surface area contributed by atoms with E-state index in [0.29, 0.717) is 27.2 Å².